The van der Waals surface area contributed by atoms with Crippen molar-refractivity contribution in [3.05, 3.63) is 20.3 Å². The number of halogens is 2. The van der Waals surface area contributed by atoms with Crippen molar-refractivity contribution in [2.24, 2.45) is 5.92 Å². The highest BCUT2D eigenvalue weighted by Gasteiger charge is 2.26. The van der Waals surface area contributed by atoms with Gasteiger partial charge in [0.15, 0.2) is 0 Å². The Hall–Kier alpha value is -0.780. The number of carboxylic acid groups (broad SMARTS) is 1. The van der Waals surface area contributed by atoms with Crippen LogP contribution < -0.4 is 0 Å². The van der Waals surface area contributed by atoms with Crippen molar-refractivity contribution in [2.75, 3.05) is 13.1 Å². The van der Waals surface area contributed by atoms with Crippen molar-refractivity contribution in [2.45, 2.75) is 25.7 Å². The summed E-state index contributed by atoms with van der Waals surface area (Å²) in [6.45, 7) is 1.29. The normalized spacial score (nSPS) is 16.4. The van der Waals surface area contributed by atoms with Crippen LogP contribution in [0.2, 0.25) is 8.67 Å². The van der Waals surface area contributed by atoms with E-state index >= 15 is 0 Å². The van der Waals surface area contributed by atoms with Crippen LogP contribution in [0.25, 0.3) is 0 Å². The second-order valence-corrected chi connectivity index (χ2v) is 7.19. The number of likely N-dealkylation sites (tertiary alicyclic amines) is 1. The minimum Gasteiger partial charge on any atom is -0.481 e. The molecule has 1 saturated heterocycles. The predicted molar refractivity (Wildman–Crippen MR) is 79.8 cm³/mol. The van der Waals surface area contributed by atoms with Gasteiger partial charge in [-0.1, -0.05) is 23.2 Å². The van der Waals surface area contributed by atoms with Crippen LogP contribution in [0.1, 0.15) is 36.0 Å². The summed E-state index contributed by atoms with van der Waals surface area (Å²) >= 11 is 13.0. The second-order valence-electron chi connectivity index (χ2n) is 4.91. The minimum atomic E-state index is -0.761. The monoisotopic (exact) mass is 335 g/mol. The van der Waals surface area contributed by atoms with Crippen LogP contribution in [0, 0.1) is 5.92 Å². The molecule has 0 atom stereocenters. The Balaban J connectivity index is 1.89. The maximum atomic E-state index is 12.3. The van der Waals surface area contributed by atoms with Crippen LogP contribution >= 0.6 is 34.5 Å². The number of carbonyl (C=O) groups excluding carboxylic acids is 1. The molecule has 1 N–H and O–H groups in total. The van der Waals surface area contributed by atoms with Gasteiger partial charge in [-0.3, -0.25) is 9.59 Å². The molecule has 0 aromatic carbocycles. The fourth-order valence-corrected chi connectivity index (χ4v) is 3.86. The molecule has 1 aromatic heterocycles. The fraction of sp³-hybridized carbons (Fsp3) is 0.538. The van der Waals surface area contributed by atoms with Crippen LogP contribution in [0.3, 0.4) is 0 Å². The zero-order valence-corrected chi connectivity index (χ0v) is 13.1. The summed E-state index contributed by atoms with van der Waals surface area (Å²) in [6.07, 6.45) is 2.57. The Labute approximate surface area is 131 Å². The first-order chi connectivity index (χ1) is 9.47. The van der Waals surface area contributed by atoms with Gasteiger partial charge in [-0.25, -0.2) is 0 Å². The molecule has 0 saturated carbocycles. The van der Waals surface area contributed by atoms with E-state index < -0.39 is 5.97 Å². The summed E-state index contributed by atoms with van der Waals surface area (Å²) in [7, 11) is 0. The average molecular weight is 336 g/mol. The fourth-order valence-electron chi connectivity index (χ4n) is 2.41. The van der Waals surface area contributed by atoms with Gasteiger partial charge in [0.2, 0.25) is 0 Å². The van der Waals surface area contributed by atoms with E-state index in [1.807, 2.05) is 0 Å². The number of amides is 1. The Bertz CT molecular complexity index is 510. The van der Waals surface area contributed by atoms with E-state index in [4.69, 9.17) is 28.3 Å². The largest absolute Gasteiger partial charge is 0.481 e. The molecule has 0 radical (unpaired) electrons. The number of thiophene rings is 1. The van der Waals surface area contributed by atoms with Gasteiger partial charge in [0.25, 0.3) is 5.91 Å². The minimum absolute atomic E-state index is 0.0881. The lowest BCUT2D eigenvalue weighted by Gasteiger charge is -2.31. The van der Waals surface area contributed by atoms with Gasteiger partial charge in [0.05, 0.1) is 9.90 Å². The van der Waals surface area contributed by atoms with E-state index in [1.165, 1.54) is 11.3 Å². The molecule has 1 aromatic rings. The van der Waals surface area contributed by atoms with E-state index in [9.17, 15) is 9.59 Å². The first-order valence-electron chi connectivity index (χ1n) is 6.43. The van der Waals surface area contributed by atoms with E-state index in [1.54, 1.807) is 11.0 Å². The lowest BCUT2D eigenvalue weighted by Crippen LogP contribution is -2.38. The lowest BCUT2D eigenvalue weighted by atomic mass is 9.92. The molecular formula is C13H15Cl2NO3S. The third kappa shape index (κ3) is 3.87. The molecule has 0 spiro atoms. The smallest absolute Gasteiger partial charge is 0.303 e. The van der Waals surface area contributed by atoms with Gasteiger partial charge >= 0.3 is 5.97 Å². The van der Waals surface area contributed by atoms with E-state index in [0.717, 1.165) is 12.8 Å². The molecule has 1 aliphatic rings. The van der Waals surface area contributed by atoms with Crippen LogP contribution in [0.4, 0.5) is 0 Å². The molecule has 1 amide bonds. The number of rotatable bonds is 4. The third-order valence-electron chi connectivity index (χ3n) is 3.56. The zero-order valence-electron chi connectivity index (χ0n) is 10.8. The molecule has 20 heavy (non-hydrogen) atoms. The van der Waals surface area contributed by atoms with Crippen molar-refractivity contribution in [1.29, 1.82) is 0 Å². The number of nitrogens with zero attached hydrogens (tertiary/aromatic N) is 1. The summed E-state index contributed by atoms with van der Waals surface area (Å²) in [6, 6.07) is 1.60. The quantitative estimate of drug-likeness (QED) is 0.910. The van der Waals surface area contributed by atoms with Gasteiger partial charge in [0, 0.05) is 19.5 Å². The number of carbonyl (C=O) groups is 2. The molecule has 1 aliphatic heterocycles. The SMILES string of the molecule is O=C(O)CCC1CCN(C(=O)c2cc(Cl)sc2Cl)CC1. The molecule has 0 bridgehead atoms. The van der Waals surface area contributed by atoms with E-state index in [-0.39, 0.29) is 12.3 Å². The molecule has 4 nitrogen and oxygen atoms in total. The molecule has 0 unspecified atom stereocenters. The molecule has 2 rings (SSSR count). The maximum absolute atomic E-state index is 12.3. The number of hydrogen-bond acceptors (Lipinski definition) is 3. The van der Waals surface area contributed by atoms with E-state index in [0.29, 0.717) is 39.7 Å². The van der Waals surface area contributed by atoms with Crippen LogP contribution in [0.15, 0.2) is 6.07 Å². The van der Waals surface area contributed by atoms with Crippen LogP contribution in [0.5, 0.6) is 0 Å². The maximum Gasteiger partial charge on any atom is 0.303 e. The molecule has 110 valence electrons. The van der Waals surface area contributed by atoms with Gasteiger partial charge in [-0.2, -0.15) is 0 Å². The first kappa shape index (κ1) is 15.6. The number of piperidine rings is 1. The van der Waals surface area contributed by atoms with Crippen molar-refractivity contribution >= 4 is 46.4 Å². The van der Waals surface area contributed by atoms with Crippen molar-refractivity contribution < 1.29 is 14.7 Å². The standard InChI is InChI=1S/C13H15Cl2NO3S/c14-10-7-9(12(15)20-10)13(19)16-5-3-8(4-6-16)1-2-11(17)18/h7-8H,1-6H2,(H,17,18). The van der Waals surface area contributed by atoms with Gasteiger partial charge in [0.1, 0.15) is 4.34 Å². The summed E-state index contributed by atoms with van der Waals surface area (Å²) in [5, 5.41) is 8.68. The molecule has 1 fully saturated rings. The van der Waals surface area contributed by atoms with Crippen LogP contribution in [-0.2, 0) is 4.79 Å². The van der Waals surface area contributed by atoms with Gasteiger partial charge in [-0.05, 0) is 31.2 Å². The molecule has 0 aliphatic carbocycles. The molecule has 7 heteroatoms. The summed E-state index contributed by atoms with van der Waals surface area (Å²) in [4.78, 5) is 24.6. The summed E-state index contributed by atoms with van der Waals surface area (Å²) in [5.41, 5.74) is 0.464. The highest BCUT2D eigenvalue weighted by Crippen LogP contribution is 2.33. The lowest BCUT2D eigenvalue weighted by molar-refractivity contribution is -0.137. The van der Waals surface area contributed by atoms with Gasteiger partial charge < -0.3 is 10.0 Å². The Morgan fingerprint density at radius 2 is 2.00 bits per heavy atom. The third-order valence-corrected chi connectivity index (χ3v) is 5.04. The second kappa shape index (κ2) is 6.78. The number of hydrogen-bond donors (Lipinski definition) is 1. The highest BCUT2D eigenvalue weighted by molar-refractivity contribution is 7.20. The molecule has 2 heterocycles. The summed E-state index contributed by atoms with van der Waals surface area (Å²) in [5.74, 6) is -0.463. The van der Waals surface area contributed by atoms with Crippen molar-refractivity contribution in [3.8, 4) is 0 Å². The Morgan fingerprint density at radius 1 is 1.35 bits per heavy atom. The Kier molecular flexibility index (Phi) is 5.29. The van der Waals surface area contributed by atoms with Crippen molar-refractivity contribution in [1.82, 2.24) is 4.90 Å². The number of carboxylic acids is 1. The van der Waals surface area contributed by atoms with Crippen molar-refractivity contribution in [3.63, 3.8) is 0 Å². The van der Waals surface area contributed by atoms with E-state index in [2.05, 4.69) is 0 Å². The highest BCUT2D eigenvalue weighted by atomic mass is 35.5. The predicted octanol–water partition coefficient (Wildman–Crippen LogP) is 3.77. The zero-order chi connectivity index (χ0) is 14.7. The topological polar surface area (TPSA) is 57.6 Å². The van der Waals surface area contributed by atoms with Gasteiger partial charge in [-0.15, -0.1) is 11.3 Å². The van der Waals surface area contributed by atoms with Crippen LogP contribution in [-0.4, -0.2) is 35.0 Å². The first-order valence-corrected chi connectivity index (χ1v) is 8.00. The summed E-state index contributed by atoms with van der Waals surface area (Å²) < 4.78 is 0.933. The average Bonchev–Trinajstić information content (AvgIpc) is 2.75. The Morgan fingerprint density at radius 3 is 2.50 bits per heavy atom. The molecular weight excluding hydrogens is 321 g/mol. The number of aliphatic carboxylic acids is 1.